The maximum absolute atomic E-state index is 5.91. The molecule has 2 nitrogen and oxygen atoms in total. The topological polar surface area (TPSA) is 22.1 Å². The predicted octanol–water partition coefficient (Wildman–Crippen LogP) is 4.42. The first-order chi connectivity index (χ1) is 7.79. The van der Waals surface area contributed by atoms with Crippen molar-refractivity contribution in [3.8, 4) is 11.5 Å². The summed E-state index contributed by atoms with van der Waals surface area (Å²) in [5.41, 5.74) is 1.01. The van der Waals surface area contributed by atoms with Crippen molar-refractivity contribution >= 4 is 27.5 Å². The standard InChI is InChI=1S/C12H9BrClNO/c13-7-9-6-10(14)3-4-12(9)16-11-2-1-5-15-8-11/h1-6,8H,7H2. The molecular weight excluding hydrogens is 289 g/mol. The van der Waals surface area contributed by atoms with E-state index in [-0.39, 0.29) is 0 Å². The lowest BCUT2D eigenvalue weighted by molar-refractivity contribution is 0.476. The van der Waals surface area contributed by atoms with Crippen LogP contribution in [0.1, 0.15) is 5.56 Å². The van der Waals surface area contributed by atoms with E-state index in [1.54, 1.807) is 18.5 Å². The number of aromatic nitrogens is 1. The highest BCUT2D eigenvalue weighted by molar-refractivity contribution is 9.08. The molecule has 0 saturated heterocycles. The zero-order valence-corrected chi connectivity index (χ0v) is 10.7. The van der Waals surface area contributed by atoms with Crippen molar-refractivity contribution in [2.24, 2.45) is 0 Å². The van der Waals surface area contributed by atoms with Crippen LogP contribution in [0.25, 0.3) is 0 Å². The Morgan fingerprint density at radius 1 is 1.31 bits per heavy atom. The molecule has 0 atom stereocenters. The second kappa shape index (κ2) is 5.32. The molecule has 82 valence electrons. The summed E-state index contributed by atoms with van der Waals surface area (Å²) in [7, 11) is 0. The van der Waals surface area contributed by atoms with Gasteiger partial charge in [0.15, 0.2) is 0 Å². The van der Waals surface area contributed by atoms with E-state index < -0.39 is 0 Å². The molecule has 1 aromatic carbocycles. The van der Waals surface area contributed by atoms with E-state index in [9.17, 15) is 0 Å². The Bertz CT molecular complexity index is 476. The van der Waals surface area contributed by atoms with Crippen LogP contribution in [0, 0.1) is 0 Å². The fourth-order valence-corrected chi connectivity index (χ4v) is 1.92. The van der Waals surface area contributed by atoms with E-state index in [0.717, 1.165) is 11.3 Å². The van der Waals surface area contributed by atoms with Crippen LogP contribution in [-0.4, -0.2) is 4.98 Å². The number of pyridine rings is 1. The van der Waals surface area contributed by atoms with E-state index in [4.69, 9.17) is 16.3 Å². The molecule has 0 radical (unpaired) electrons. The largest absolute Gasteiger partial charge is 0.455 e. The summed E-state index contributed by atoms with van der Waals surface area (Å²) in [6.45, 7) is 0. The van der Waals surface area contributed by atoms with Crippen molar-refractivity contribution in [3.05, 3.63) is 53.3 Å². The van der Waals surface area contributed by atoms with Crippen molar-refractivity contribution in [2.45, 2.75) is 5.33 Å². The molecule has 0 aliphatic carbocycles. The summed E-state index contributed by atoms with van der Waals surface area (Å²) in [6.07, 6.45) is 3.38. The average molecular weight is 299 g/mol. The van der Waals surface area contributed by atoms with Gasteiger partial charge < -0.3 is 4.74 Å². The number of nitrogens with zero attached hydrogens (tertiary/aromatic N) is 1. The number of hydrogen-bond donors (Lipinski definition) is 0. The van der Waals surface area contributed by atoms with Gasteiger partial charge in [-0.1, -0.05) is 27.5 Å². The lowest BCUT2D eigenvalue weighted by atomic mass is 10.2. The first-order valence-electron chi connectivity index (χ1n) is 4.72. The summed E-state index contributed by atoms with van der Waals surface area (Å²) in [5, 5.41) is 1.40. The minimum absolute atomic E-state index is 0.698. The number of benzene rings is 1. The highest BCUT2D eigenvalue weighted by atomic mass is 79.9. The quantitative estimate of drug-likeness (QED) is 0.782. The second-order valence-electron chi connectivity index (χ2n) is 3.18. The van der Waals surface area contributed by atoms with Crippen LogP contribution >= 0.6 is 27.5 Å². The molecule has 0 aliphatic rings. The third-order valence-corrected chi connectivity index (χ3v) is 2.87. The Balaban J connectivity index is 2.28. The molecule has 0 saturated carbocycles. The molecule has 0 aliphatic heterocycles. The predicted molar refractivity (Wildman–Crippen MR) is 68.4 cm³/mol. The minimum atomic E-state index is 0.698. The smallest absolute Gasteiger partial charge is 0.145 e. The third-order valence-electron chi connectivity index (χ3n) is 2.03. The summed E-state index contributed by atoms with van der Waals surface area (Å²) >= 11 is 9.31. The Hall–Kier alpha value is -1.06. The summed E-state index contributed by atoms with van der Waals surface area (Å²) in [5.74, 6) is 1.50. The molecule has 4 heteroatoms. The van der Waals surface area contributed by atoms with Gasteiger partial charge in [-0.25, -0.2) is 0 Å². The summed E-state index contributed by atoms with van der Waals surface area (Å²) < 4.78 is 5.70. The monoisotopic (exact) mass is 297 g/mol. The Morgan fingerprint density at radius 2 is 2.19 bits per heavy atom. The first-order valence-corrected chi connectivity index (χ1v) is 6.22. The van der Waals surface area contributed by atoms with Crippen LogP contribution < -0.4 is 4.74 Å². The normalized spacial score (nSPS) is 10.1. The maximum Gasteiger partial charge on any atom is 0.145 e. The van der Waals surface area contributed by atoms with Gasteiger partial charge in [0, 0.05) is 22.1 Å². The van der Waals surface area contributed by atoms with Crippen LogP contribution in [-0.2, 0) is 5.33 Å². The van der Waals surface area contributed by atoms with E-state index in [2.05, 4.69) is 20.9 Å². The van der Waals surface area contributed by atoms with E-state index in [1.165, 1.54) is 0 Å². The van der Waals surface area contributed by atoms with E-state index in [0.29, 0.717) is 16.1 Å². The zero-order chi connectivity index (χ0) is 11.4. The minimum Gasteiger partial charge on any atom is -0.455 e. The van der Waals surface area contributed by atoms with Crippen molar-refractivity contribution in [2.75, 3.05) is 0 Å². The van der Waals surface area contributed by atoms with Crippen molar-refractivity contribution in [1.82, 2.24) is 4.98 Å². The van der Waals surface area contributed by atoms with Gasteiger partial charge in [-0.2, -0.15) is 0 Å². The lowest BCUT2D eigenvalue weighted by Gasteiger charge is -2.09. The number of rotatable bonds is 3. The Labute approximate surface area is 107 Å². The molecule has 0 N–H and O–H groups in total. The summed E-state index contributed by atoms with van der Waals surface area (Å²) in [6, 6.07) is 9.23. The highest BCUT2D eigenvalue weighted by Gasteiger charge is 2.04. The zero-order valence-electron chi connectivity index (χ0n) is 8.36. The van der Waals surface area contributed by atoms with Gasteiger partial charge in [-0.15, -0.1) is 0 Å². The number of hydrogen-bond acceptors (Lipinski definition) is 2. The van der Waals surface area contributed by atoms with Crippen LogP contribution in [0.4, 0.5) is 0 Å². The van der Waals surface area contributed by atoms with Gasteiger partial charge in [-0.3, -0.25) is 4.98 Å². The molecule has 2 rings (SSSR count). The number of halogens is 2. The lowest BCUT2D eigenvalue weighted by Crippen LogP contribution is -1.89. The van der Waals surface area contributed by atoms with Crippen LogP contribution in [0.5, 0.6) is 11.5 Å². The second-order valence-corrected chi connectivity index (χ2v) is 4.17. The van der Waals surface area contributed by atoms with Gasteiger partial charge in [0.2, 0.25) is 0 Å². The fraction of sp³-hybridized carbons (Fsp3) is 0.0833. The van der Waals surface area contributed by atoms with Crippen molar-refractivity contribution in [1.29, 1.82) is 0 Å². The number of ether oxygens (including phenoxy) is 1. The number of alkyl halides is 1. The fourth-order valence-electron chi connectivity index (χ4n) is 1.29. The molecule has 16 heavy (non-hydrogen) atoms. The van der Waals surface area contributed by atoms with Gasteiger partial charge in [0.05, 0.1) is 6.20 Å². The molecule has 0 bridgehead atoms. The third kappa shape index (κ3) is 2.74. The molecule has 1 aromatic heterocycles. The van der Waals surface area contributed by atoms with Crippen LogP contribution in [0.2, 0.25) is 5.02 Å². The molecule has 1 heterocycles. The van der Waals surface area contributed by atoms with Gasteiger partial charge in [0.25, 0.3) is 0 Å². The Kier molecular flexibility index (Phi) is 3.80. The summed E-state index contributed by atoms with van der Waals surface area (Å²) in [4.78, 5) is 3.99. The molecule has 0 amide bonds. The average Bonchev–Trinajstić information content (AvgIpc) is 2.33. The highest BCUT2D eigenvalue weighted by Crippen LogP contribution is 2.28. The molecular formula is C12H9BrClNO. The SMILES string of the molecule is Clc1ccc(Oc2cccnc2)c(CBr)c1. The van der Waals surface area contributed by atoms with Crippen LogP contribution in [0.15, 0.2) is 42.7 Å². The van der Waals surface area contributed by atoms with Gasteiger partial charge in [-0.05, 0) is 30.3 Å². The first kappa shape index (κ1) is 11.4. The van der Waals surface area contributed by atoms with E-state index in [1.807, 2.05) is 24.3 Å². The molecule has 0 unspecified atom stereocenters. The van der Waals surface area contributed by atoms with Crippen LogP contribution in [0.3, 0.4) is 0 Å². The molecule has 0 spiro atoms. The van der Waals surface area contributed by atoms with Gasteiger partial charge in [0.1, 0.15) is 11.5 Å². The van der Waals surface area contributed by atoms with Crippen molar-refractivity contribution in [3.63, 3.8) is 0 Å². The van der Waals surface area contributed by atoms with Gasteiger partial charge >= 0.3 is 0 Å². The molecule has 2 aromatic rings. The van der Waals surface area contributed by atoms with E-state index >= 15 is 0 Å². The Morgan fingerprint density at radius 3 is 2.88 bits per heavy atom. The molecule has 0 fully saturated rings. The maximum atomic E-state index is 5.91. The van der Waals surface area contributed by atoms with Crippen molar-refractivity contribution < 1.29 is 4.74 Å².